The van der Waals surface area contributed by atoms with E-state index in [0.29, 0.717) is 11.4 Å². The Bertz CT molecular complexity index is 1100. The van der Waals surface area contributed by atoms with Crippen molar-refractivity contribution in [1.82, 2.24) is 4.48 Å². The molecule has 2 aliphatic heterocycles. The van der Waals surface area contributed by atoms with Gasteiger partial charge >= 0.3 is 6.97 Å². The van der Waals surface area contributed by atoms with Crippen molar-refractivity contribution < 1.29 is 13.1 Å². The number of fused-ring (bicyclic) bond motifs is 2. The maximum atomic E-state index is 15.7. The van der Waals surface area contributed by atoms with Crippen molar-refractivity contribution in [2.45, 2.75) is 0 Å². The molecule has 2 aliphatic rings. The summed E-state index contributed by atoms with van der Waals surface area (Å²) >= 11 is 0. The largest absolute Gasteiger partial charge is 0.642 e. The Hall–Kier alpha value is -3.28. The molecular weight excluding hydrogens is 331 g/mol. The van der Waals surface area contributed by atoms with E-state index in [9.17, 15) is 0 Å². The van der Waals surface area contributed by atoms with Crippen LogP contribution in [0.3, 0.4) is 0 Å². The highest BCUT2D eigenvalue weighted by Gasteiger charge is 2.50. The van der Waals surface area contributed by atoms with Crippen molar-refractivity contribution in [1.29, 1.82) is 0 Å². The number of aromatic nitrogens is 1. The number of rotatable bonds is 2. The summed E-state index contributed by atoms with van der Waals surface area (Å²) in [5.41, 5.74) is 2.42. The summed E-state index contributed by atoms with van der Waals surface area (Å²) in [5, 5.41) is 0. The van der Waals surface area contributed by atoms with Gasteiger partial charge in [-0.15, -0.1) is 0 Å². The van der Waals surface area contributed by atoms with Gasteiger partial charge in [-0.25, -0.2) is 0 Å². The maximum Gasteiger partial charge on any atom is 0.642 e. The average Bonchev–Trinajstić information content (AvgIpc) is 3.29. The molecular formula is C20H14BF2N3. The van der Waals surface area contributed by atoms with E-state index < -0.39 is 6.97 Å². The molecule has 0 fully saturated rings. The van der Waals surface area contributed by atoms with Gasteiger partial charge in [-0.2, -0.15) is 0 Å². The van der Waals surface area contributed by atoms with E-state index in [4.69, 9.17) is 0 Å². The lowest BCUT2D eigenvalue weighted by Crippen LogP contribution is -2.52. The molecule has 0 saturated heterocycles. The van der Waals surface area contributed by atoms with Crippen LogP contribution in [0.15, 0.2) is 89.9 Å². The van der Waals surface area contributed by atoms with Crippen LogP contribution < -0.4 is 0 Å². The van der Waals surface area contributed by atoms with Gasteiger partial charge < -0.3 is 17.6 Å². The molecule has 2 aromatic carbocycles. The summed E-state index contributed by atoms with van der Waals surface area (Å²) in [6.07, 6.45) is 3.36. The molecule has 26 heavy (non-hydrogen) atoms. The van der Waals surface area contributed by atoms with E-state index in [1.165, 1.54) is 0 Å². The number of benzene rings is 2. The number of aliphatic imine (C=N–C) groups is 1. The molecule has 0 spiro atoms. The van der Waals surface area contributed by atoms with Crippen molar-refractivity contribution in [3.63, 3.8) is 0 Å². The van der Waals surface area contributed by atoms with E-state index in [2.05, 4.69) is 4.99 Å². The van der Waals surface area contributed by atoms with Crippen molar-refractivity contribution >= 4 is 24.3 Å². The van der Waals surface area contributed by atoms with E-state index in [-0.39, 0.29) is 11.7 Å². The maximum absolute atomic E-state index is 15.7. The van der Waals surface area contributed by atoms with E-state index in [1.807, 2.05) is 60.7 Å². The minimum absolute atomic E-state index is 0.277. The normalized spacial score (nSPS) is 17.1. The lowest BCUT2D eigenvalue weighted by atomic mass is 9.91. The Morgan fingerprint density at radius 1 is 0.769 bits per heavy atom. The predicted octanol–water partition coefficient (Wildman–Crippen LogP) is 4.49. The Balaban J connectivity index is 1.75. The van der Waals surface area contributed by atoms with Crippen LogP contribution >= 0.6 is 0 Å². The zero-order chi connectivity index (χ0) is 17.7. The number of hydrogen-bond acceptors (Lipinski definition) is 1. The predicted molar refractivity (Wildman–Crippen MR) is 100 cm³/mol. The lowest BCUT2D eigenvalue weighted by molar-refractivity contribution is -0.292. The third-order valence-corrected chi connectivity index (χ3v) is 4.78. The second-order valence-electron chi connectivity index (χ2n) is 6.33. The molecule has 0 radical (unpaired) electrons. The number of hydrogen-bond donors (Lipinski definition) is 0. The summed E-state index contributed by atoms with van der Waals surface area (Å²) in [6.45, 7) is -4.07. The molecule has 3 aromatic rings. The summed E-state index contributed by atoms with van der Waals surface area (Å²) in [5.74, 6) is 0.554. The summed E-state index contributed by atoms with van der Waals surface area (Å²) in [6, 6.07) is 21.8. The highest BCUT2D eigenvalue weighted by Crippen LogP contribution is 2.36. The van der Waals surface area contributed by atoms with E-state index in [0.717, 1.165) is 20.1 Å². The number of allylic oxidation sites excluding steroid dienone is 1. The molecule has 3 nitrogen and oxygen atoms in total. The van der Waals surface area contributed by atoms with Gasteiger partial charge in [0.15, 0.2) is 0 Å². The standard InChI is InChI=1S/C20H14BF2N3/c22-21(23)25-17(15-7-3-1-4-8-15)11-13-19(25)24-20-14-12-18(26(20)21)16-9-5-2-6-10-16/h1-14H. The van der Waals surface area contributed by atoms with Gasteiger partial charge in [0.2, 0.25) is 5.82 Å². The van der Waals surface area contributed by atoms with Crippen LogP contribution in [0.5, 0.6) is 0 Å². The molecule has 5 rings (SSSR count). The Kier molecular flexibility index (Phi) is 3.10. The van der Waals surface area contributed by atoms with Crippen molar-refractivity contribution in [3.8, 4) is 11.3 Å². The SMILES string of the molecule is F[B-]1(F)n2c(ccc2-c2ccccc2)N=C2C=CC(c3ccccc3)=[N+]21. The molecule has 0 bridgehead atoms. The Labute approximate surface area is 149 Å². The second-order valence-corrected chi connectivity index (χ2v) is 6.33. The van der Waals surface area contributed by atoms with Crippen molar-refractivity contribution in [3.05, 3.63) is 90.5 Å². The minimum atomic E-state index is -4.07. The minimum Gasteiger partial charge on any atom is -0.414 e. The summed E-state index contributed by atoms with van der Waals surface area (Å²) < 4.78 is 33.5. The van der Waals surface area contributed by atoms with Crippen LogP contribution in [0.1, 0.15) is 5.56 Å². The second kappa shape index (κ2) is 5.36. The third kappa shape index (κ3) is 2.05. The van der Waals surface area contributed by atoms with Crippen LogP contribution in [0.2, 0.25) is 0 Å². The van der Waals surface area contributed by atoms with Crippen LogP contribution in [-0.2, 0) is 0 Å². The zero-order valence-corrected chi connectivity index (χ0v) is 13.8. The fraction of sp³-hybridized carbons (Fsp3) is 0. The molecule has 126 valence electrons. The molecule has 0 amide bonds. The molecule has 0 aliphatic carbocycles. The van der Waals surface area contributed by atoms with Gasteiger partial charge in [-0.1, -0.05) is 60.7 Å². The van der Waals surface area contributed by atoms with Gasteiger partial charge in [0, 0.05) is 23.4 Å². The van der Waals surface area contributed by atoms with Gasteiger partial charge in [0.25, 0.3) is 5.84 Å². The topological polar surface area (TPSA) is 20.3 Å². The zero-order valence-electron chi connectivity index (χ0n) is 13.8. The van der Waals surface area contributed by atoms with Crippen molar-refractivity contribution in [2.75, 3.05) is 0 Å². The van der Waals surface area contributed by atoms with E-state index in [1.54, 1.807) is 24.3 Å². The molecule has 6 heteroatoms. The first-order chi connectivity index (χ1) is 12.7. The lowest BCUT2D eigenvalue weighted by Gasteiger charge is -2.31. The summed E-state index contributed by atoms with van der Waals surface area (Å²) in [7, 11) is 0. The van der Waals surface area contributed by atoms with Gasteiger partial charge in [-0.05, 0) is 22.7 Å². The Morgan fingerprint density at radius 2 is 1.42 bits per heavy atom. The smallest absolute Gasteiger partial charge is 0.414 e. The number of nitrogens with zero attached hydrogens (tertiary/aromatic N) is 3. The van der Waals surface area contributed by atoms with Crippen LogP contribution in [0.4, 0.5) is 14.4 Å². The molecule has 0 saturated carbocycles. The molecule has 0 unspecified atom stereocenters. The fourth-order valence-electron chi connectivity index (χ4n) is 3.63. The number of halogens is 2. The van der Waals surface area contributed by atoms with Crippen LogP contribution in [0, 0.1) is 0 Å². The molecule has 0 N–H and O–H groups in total. The first-order valence-electron chi connectivity index (χ1n) is 8.44. The monoisotopic (exact) mass is 345 g/mol. The fourth-order valence-corrected chi connectivity index (χ4v) is 3.63. The van der Waals surface area contributed by atoms with Gasteiger partial charge in [0.1, 0.15) is 0 Å². The van der Waals surface area contributed by atoms with Crippen LogP contribution in [0.25, 0.3) is 11.3 Å². The summed E-state index contributed by atoms with van der Waals surface area (Å²) in [4.78, 5) is 4.46. The first-order valence-corrected chi connectivity index (χ1v) is 8.44. The highest BCUT2D eigenvalue weighted by molar-refractivity contribution is 6.61. The highest BCUT2D eigenvalue weighted by atomic mass is 19.2. The van der Waals surface area contributed by atoms with Crippen LogP contribution in [-0.4, -0.2) is 27.5 Å². The van der Waals surface area contributed by atoms with Gasteiger partial charge in [-0.3, -0.25) is 0 Å². The molecule has 1 aromatic heterocycles. The quantitative estimate of drug-likeness (QED) is 0.610. The first kappa shape index (κ1) is 15.0. The number of amidine groups is 1. The molecule has 3 heterocycles. The Morgan fingerprint density at radius 3 is 2.12 bits per heavy atom. The molecule has 0 atom stereocenters. The van der Waals surface area contributed by atoms with E-state index >= 15 is 8.63 Å². The third-order valence-electron chi connectivity index (χ3n) is 4.78. The van der Waals surface area contributed by atoms with Crippen molar-refractivity contribution in [2.24, 2.45) is 4.99 Å². The van der Waals surface area contributed by atoms with Gasteiger partial charge in [0.05, 0.1) is 5.71 Å². The average molecular weight is 345 g/mol.